The van der Waals surface area contributed by atoms with E-state index < -0.39 is 23.6 Å². The van der Waals surface area contributed by atoms with Gasteiger partial charge in [-0.1, -0.05) is 31.7 Å². The average Bonchev–Trinajstić information content (AvgIpc) is 3.20. The molecule has 12 heteroatoms. The maximum absolute atomic E-state index is 14.0. The van der Waals surface area contributed by atoms with E-state index >= 15 is 0 Å². The van der Waals surface area contributed by atoms with Gasteiger partial charge in [0.15, 0.2) is 0 Å². The number of carbonyl (C=O) groups is 4. The van der Waals surface area contributed by atoms with Crippen molar-refractivity contribution in [2.24, 2.45) is 0 Å². The van der Waals surface area contributed by atoms with Crippen LogP contribution in [-0.2, 0) is 26.2 Å². The Balaban J connectivity index is 0.00000465. The van der Waals surface area contributed by atoms with Crippen molar-refractivity contribution in [3.8, 4) is 0 Å². The Morgan fingerprint density at radius 3 is 0.909 bits per heavy atom. The molecule has 276 valence electrons. The molecule has 4 amide bonds. The Labute approximate surface area is 319 Å². The second-order valence-corrected chi connectivity index (χ2v) is 13.3. The molecule has 0 N–H and O–H groups in total. The molecule has 0 bridgehead atoms. The average molecular weight is 733 g/mol. The SMILES string of the molecule is C.O=C1c2ccc3c4c(ccc(c24)C(=O)N1CCN(Cc1ccccn1)Cc1ccccn1)C(=O)N(CCN(Cc1ccccn1)Cc1ccccn1)C3=O. The number of benzene rings is 2. The number of hydrogen-bond acceptors (Lipinski definition) is 10. The minimum absolute atomic E-state index is 0. The van der Waals surface area contributed by atoms with E-state index in [0.29, 0.717) is 50.0 Å². The lowest BCUT2D eigenvalue weighted by Gasteiger charge is -2.33. The minimum atomic E-state index is -0.464. The molecular formula is C43H40N8O4. The highest BCUT2D eigenvalue weighted by atomic mass is 16.2. The fourth-order valence-corrected chi connectivity index (χ4v) is 7.17. The summed E-state index contributed by atoms with van der Waals surface area (Å²) in [6.45, 7) is 3.00. The molecule has 4 aromatic heterocycles. The van der Waals surface area contributed by atoms with Gasteiger partial charge in [-0.2, -0.15) is 0 Å². The zero-order valence-electron chi connectivity index (χ0n) is 29.4. The largest absolute Gasteiger partial charge is 0.290 e. The topological polar surface area (TPSA) is 133 Å². The van der Waals surface area contributed by atoms with Crippen molar-refractivity contribution in [2.75, 3.05) is 26.2 Å². The predicted molar refractivity (Wildman–Crippen MR) is 207 cm³/mol. The maximum atomic E-state index is 14.0. The van der Waals surface area contributed by atoms with Crippen molar-refractivity contribution in [3.63, 3.8) is 0 Å². The normalized spacial score (nSPS) is 13.6. The zero-order chi connectivity index (χ0) is 37.0. The van der Waals surface area contributed by atoms with Crippen LogP contribution in [0.2, 0.25) is 0 Å². The summed E-state index contributed by atoms with van der Waals surface area (Å²) in [7, 11) is 0. The second-order valence-electron chi connectivity index (χ2n) is 13.3. The van der Waals surface area contributed by atoms with Gasteiger partial charge >= 0.3 is 0 Å². The molecule has 0 spiro atoms. The number of hydrogen-bond donors (Lipinski definition) is 0. The Hall–Kier alpha value is -6.50. The molecule has 55 heavy (non-hydrogen) atoms. The van der Waals surface area contributed by atoms with Gasteiger partial charge in [-0.15, -0.1) is 0 Å². The third kappa shape index (κ3) is 7.63. The van der Waals surface area contributed by atoms with Crippen molar-refractivity contribution >= 4 is 34.4 Å². The molecule has 0 saturated carbocycles. The molecule has 0 radical (unpaired) electrons. The molecule has 6 aromatic rings. The first-order chi connectivity index (χ1) is 26.4. The van der Waals surface area contributed by atoms with Crippen molar-refractivity contribution < 1.29 is 19.2 Å². The standard InChI is InChI=1S/C42H36N8O4.CH4/c51-39-33-13-15-35-38-36(42(54)50(41(35)53)24-22-48(27-31-11-3-7-19-45-31)28-32-12-4-8-20-46-32)16-14-34(37(33)38)40(52)49(39)23-21-47(25-29-9-1-5-17-43-29)26-30-10-2-6-18-44-30;/h1-20H,21-28H2;1H4. The molecule has 0 fully saturated rings. The maximum Gasteiger partial charge on any atom is 0.261 e. The van der Waals surface area contributed by atoms with E-state index in [1.54, 1.807) is 49.1 Å². The molecule has 0 aliphatic carbocycles. The summed E-state index contributed by atoms with van der Waals surface area (Å²) in [5, 5.41) is 0.701. The van der Waals surface area contributed by atoms with E-state index in [1.807, 2.05) is 72.8 Å². The summed E-state index contributed by atoms with van der Waals surface area (Å²) in [4.78, 5) is 80.7. The number of pyridine rings is 4. The number of rotatable bonds is 14. The molecule has 2 aliphatic heterocycles. The summed E-state index contributed by atoms with van der Waals surface area (Å²) in [5.41, 5.74) is 4.57. The molecule has 0 unspecified atom stereocenters. The Morgan fingerprint density at radius 2 is 0.673 bits per heavy atom. The van der Waals surface area contributed by atoms with Gasteiger partial charge < -0.3 is 0 Å². The highest BCUT2D eigenvalue weighted by molar-refractivity contribution is 6.33. The van der Waals surface area contributed by atoms with E-state index in [-0.39, 0.29) is 42.8 Å². The van der Waals surface area contributed by atoms with Crippen LogP contribution in [0.5, 0.6) is 0 Å². The van der Waals surface area contributed by atoms with Crippen LogP contribution in [0, 0.1) is 0 Å². The summed E-state index contributed by atoms with van der Waals surface area (Å²) in [6, 6.07) is 29.3. The van der Waals surface area contributed by atoms with E-state index in [1.165, 1.54) is 9.80 Å². The molecular weight excluding hydrogens is 693 g/mol. The van der Waals surface area contributed by atoms with Gasteiger partial charge in [0.1, 0.15) is 0 Å². The van der Waals surface area contributed by atoms with Gasteiger partial charge in [-0.3, -0.25) is 58.7 Å². The van der Waals surface area contributed by atoms with E-state index in [9.17, 15) is 19.2 Å². The van der Waals surface area contributed by atoms with Crippen LogP contribution in [0.3, 0.4) is 0 Å². The fourth-order valence-electron chi connectivity index (χ4n) is 7.17. The number of nitrogens with zero attached hydrogens (tertiary/aromatic N) is 8. The first-order valence-electron chi connectivity index (χ1n) is 17.8. The van der Waals surface area contributed by atoms with Crippen LogP contribution in [0.1, 0.15) is 71.6 Å². The monoisotopic (exact) mass is 732 g/mol. The highest BCUT2D eigenvalue weighted by Crippen LogP contribution is 2.38. The quantitative estimate of drug-likeness (QED) is 0.129. The number of carbonyl (C=O) groups excluding carboxylic acids is 4. The van der Waals surface area contributed by atoms with Gasteiger partial charge in [-0.25, -0.2) is 0 Å². The lowest BCUT2D eigenvalue weighted by atomic mass is 9.86. The third-order valence-electron chi connectivity index (χ3n) is 9.79. The molecule has 2 aliphatic rings. The zero-order valence-corrected chi connectivity index (χ0v) is 29.4. The molecule has 6 heterocycles. The van der Waals surface area contributed by atoms with Gasteiger partial charge in [0, 0.05) is 110 Å². The van der Waals surface area contributed by atoms with Crippen molar-refractivity contribution in [1.29, 1.82) is 0 Å². The van der Waals surface area contributed by atoms with E-state index in [4.69, 9.17) is 0 Å². The van der Waals surface area contributed by atoms with Crippen molar-refractivity contribution in [1.82, 2.24) is 39.5 Å². The van der Waals surface area contributed by atoms with Crippen LogP contribution in [-0.4, -0.2) is 89.3 Å². The summed E-state index contributed by atoms with van der Waals surface area (Å²) >= 11 is 0. The Bertz CT molecular complexity index is 2020. The lowest BCUT2D eigenvalue weighted by Crippen LogP contribution is -2.46. The first-order valence-corrected chi connectivity index (χ1v) is 17.8. The van der Waals surface area contributed by atoms with Gasteiger partial charge in [0.05, 0.1) is 22.8 Å². The van der Waals surface area contributed by atoms with E-state index in [2.05, 4.69) is 29.7 Å². The molecule has 0 saturated heterocycles. The van der Waals surface area contributed by atoms with Crippen molar-refractivity contribution in [3.05, 3.63) is 167 Å². The lowest BCUT2D eigenvalue weighted by molar-refractivity contribution is 0.0567. The van der Waals surface area contributed by atoms with Crippen LogP contribution in [0.15, 0.2) is 122 Å². The van der Waals surface area contributed by atoms with Gasteiger partial charge in [0.2, 0.25) is 0 Å². The summed E-state index contributed by atoms with van der Waals surface area (Å²) in [6.07, 6.45) is 6.94. The second kappa shape index (κ2) is 16.3. The highest BCUT2D eigenvalue weighted by Gasteiger charge is 2.39. The van der Waals surface area contributed by atoms with Crippen LogP contribution < -0.4 is 0 Å². The van der Waals surface area contributed by atoms with Crippen molar-refractivity contribution in [2.45, 2.75) is 33.6 Å². The van der Waals surface area contributed by atoms with E-state index in [0.717, 1.165) is 22.8 Å². The predicted octanol–water partition coefficient (Wildman–Crippen LogP) is 5.65. The van der Waals surface area contributed by atoms with Crippen LogP contribution in [0.25, 0.3) is 10.8 Å². The van der Waals surface area contributed by atoms with Gasteiger partial charge in [-0.05, 0) is 72.8 Å². The molecule has 12 nitrogen and oxygen atoms in total. The summed E-state index contributed by atoms with van der Waals surface area (Å²) < 4.78 is 0. The molecule has 8 rings (SSSR count). The molecule has 2 aromatic carbocycles. The number of imide groups is 2. The van der Waals surface area contributed by atoms with Crippen LogP contribution in [0.4, 0.5) is 0 Å². The Kier molecular flexibility index (Phi) is 10.9. The van der Waals surface area contributed by atoms with Gasteiger partial charge in [0.25, 0.3) is 23.6 Å². The smallest absolute Gasteiger partial charge is 0.261 e. The summed E-state index contributed by atoms with van der Waals surface area (Å²) in [5.74, 6) is -1.86. The minimum Gasteiger partial charge on any atom is -0.290 e. The van der Waals surface area contributed by atoms with Crippen LogP contribution >= 0.6 is 0 Å². The Morgan fingerprint density at radius 1 is 0.400 bits per heavy atom. The number of aromatic nitrogens is 4. The fraction of sp³-hybridized carbons (Fsp3) is 0.209. The first kappa shape index (κ1) is 36.8. The number of amides is 4. The molecule has 0 atom stereocenters. The third-order valence-corrected chi connectivity index (χ3v) is 9.79.